The van der Waals surface area contributed by atoms with Gasteiger partial charge in [0.05, 0.1) is 0 Å². The second-order valence-electron chi connectivity index (χ2n) is 9.14. The van der Waals surface area contributed by atoms with Crippen molar-refractivity contribution in [2.75, 3.05) is 0 Å². The number of benzene rings is 1. The van der Waals surface area contributed by atoms with Gasteiger partial charge in [0.2, 0.25) is 0 Å². The van der Waals surface area contributed by atoms with Crippen LogP contribution in [0.3, 0.4) is 0 Å². The third kappa shape index (κ3) is 3.47. The van der Waals surface area contributed by atoms with Crippen molar-refractivity contribution in [1.82, 2.24) is 0 Å². The smallest absolute Gasteiger partial charge is 0.308 e. The molecule has 0 heterocycles. The Kier molecular flexibility index (Phi) is 5.81. The molecule has 4 nitrogen and oxygen atoms in total. The number of hydrogen-bond acceptors (Lipinski definition) is 4. The van der Waals surface area contributed by atoms with Crippen LogP contribution >= 0.6 is 0 Å². The van der Waals surface area contributed by atoms with Crippen LogP contribution in [0.1, 0.15) is 64.0 Å². The predicted molar refractivity (Wildman–Crippen MR) is 115 cm³/mol. The molecule has 0 spiro atoms. The Balaban J connectivity index is 1.99. The Morgan fingerprint density at radius 2 is 2.00 bits per heavy atom. The average Bonchev–Trinajstić information content (AvgIpc) is 3.02. The van der Waals surface area contributed by atoms with E-state index in [9.17, 15) is 15.0 Å². The van der Waals surface area contributed by atoms with Gasteiger partial charge in [0.15, 0.2) is 0 Å². The van der Waals surface area contributed by atoms with E-state index in [-0.39, 0.29) is 17.8 Å². The van der Waals surface area contributed by atoms with Crippen LogP contribution in [0.2, 0.25) is 0 Å². The Hall–Kier alpha value is -1.91. The monoisotopic (exact) mass is 398 g/mol. The molecule has 4 heteroatoms. The fourth-order valence-corrected chi connectivity index (χ4v) is 6.13. The first kappa shape index (κ1) is 21.8. The number of ether oxygens (including phenoxy) is 1. The van der Waals surface area contributed by atoms with Crippen molar-refractivity contribution in [2.45, 2.75) is 70.5 Å². The summed E-state index contributed by atoms with van der Waals surface area (Å²) in [6, 6.07) is 5.30. The van der Waals surface area contributed by atoms with Crippen LogP contribution in [0.25, 0.3) is 6.08 Å². The van der Waals surface area contributed by atoms with E-state index in [1.165, 1.54) is 6.92 Å². The fraction of sp³-hybridized carbons (Fsp3) is 0.560. The van der Waals surface area contributed by atoms with E-state index in [2.05, 4.69) is 27.0 Å². The number of aliphatic hydroxyl groups is 2. The maximum Gasteiger partial charge on any atom is 0.308 e. The van der Waals surface area contributed by atoms with Gasteiger partial charge < -0.3 is 14.9 Å². The normalized spacial score (nSPS) is 36.3. The van der Waals surface area contributed by atoms with Crippen LogP contribution in [0.4, 0.5) is 0 Å². The van der Waals surface area contributed by atoms with Crippen molar-refractivity contribution in [1.29, 1.82) is 0 Å². The van der Waals surface area contributed by atoms with Crippen LogP contribution in [-0.4, -0.2) is 27.4 Å². The summed E-state index contributed by atoms with van der Waals surface area (Å²) >= 11 is 0. The molecule has 5 unspecified atom stereocenters. The molecule has 2 aliphatic rings. The average molecular weight is 399 g/mol. The van der Waals surface area contributed by atoms with Gasteiger partial charge in [-0.1, -0.05) is 45.1 Å². The van der Waals surface area contributed by atoms with E-state index < -0.39 is 17.2 Å². The molecule has 0 saturated heterocycles. The maximum absolute atomic E-state index is 11.8. The number of carbonyl (C=O) groups is 1. The van der Waals surface area contributed by atoms with E-state index in [1.807, 2.05) is 6.07 Å². The van der Waals surface area contributed by atoms with Gasteiger partial charge in [0.1, 0.15) is 17.0 Å². The van der Waals surface area contributed by atoms with Crippen LogP contribution in [-0.2, 0) is 11.2 Å². The minimum Gasteiger partial charge on any atom is -0.427 e. The van der Waals surface area contributed by atoms with Crippen molar-refractivity contribution < 1.29 is 19.7 Å². The van der Waals surface area contributed by atoms with Gasteiger partial charge >= 0.3 is 5.97 Å². The Morgan fingerprint density at radius 3 is 2.59 bits per heavy atom. The third-order valence-corrected chi connectivity index (χ3v) is 7.77. The van der Waals surface area contributed by atoms with Crippen LogP contribution < -0.4 is 4.74 Å². The highest BCUT2D eigenvalue weighted by Gasteiger charge is 2.64. The third-order valence-electron chi connectivity index (χ3n) is 7.77. The predicted octanol–water partition coefficient (Wildman–Crippen LogP) is 4.68. The number of rotatable bonds is 6. The molecule has 2 aliphatic carbocycles. The van der Waals surface area contributed by atoms with E-state index in [0.29, 0.717) is 18.1 Å². The van der Waals surface area contributed by atoms with Gasteiger partial charge in [0, 0.05) is 13.3 Å². The van der Waals surface area contributed by atoms with E-state index >= 15 is 0 Å². The number of hydrogen-bond donors (Lipinski definition) is 2. The first-order valence-corrected chi connectivity index (χ1v) is 10.7. The summed E-state index contributed by atoms with van der Waals surface area (Å²) < 4.78 is 5.23. The number of fused-ring (bicyclic) bond motifs is 1. The SMILES string of the molecule is C=Cc1ccc(OC(C)=O)cc1CC1(O)CCC2(C)C(CC)CCC2C1(O)C=C. The summed E-state index contributed by atoms with van der Waals surface area (Å²) in [5, 5.41) is 23.6. The standard InChI is InChI=1S/C25H34O4/c1-6-18-9-11-21(29-17(4)26)15-19(18)16-24(27)14-13-23(5)20(7-2)10-12-22(23)25(24,28)8-3/h6,8-9,11,15,20,22,27-28H,1,3,7,10,12-14,16H2,2,4-5H3. The highest BCUT2D eigenvalue weighted by Crippen LogP contribution is 2.62. The molecule has 1 aromatic rings. The molecule has 0 aliphatic heterocycles. The number of esters is 1. The van der Waals surface area contributed by atoms with Crippen LogP contribution in [0.5, 0.6) is 5.75 Å². The van der Waals surface area contributed by atoms with Crippen molar-refractivity contribution in [3.63, 3.8) is 0 Å². The zero-order chi connectivity index (χ0) is 21.4. The van der Waals surface area contributed by atoms with Crippen molar-refractivity contribution >= 4 is 12.0 Å². The van der Waals surface area contributed by atoms with Gasteiger partial charge in [-0.05, 0) is 66.2 Å². The highest BCUT2D eigenvalue weighted by atomic mass is 16.5. The zero-order valence-corrected chi connectivity index (χ0v) is 17.9. The lowest BCUT2D eigenvalue weighted by Gasteiger charge is -2.57. The van der Waals surface area contributed by atoms with Gasteiger partial charge in [-0.15, -0.1) is 6.58 Å². The summed E-state index contributed by atoms with van der Waals surface area (Å²) in [6.07, 6.45) is 7.95. The first-order chi connectivity index (χ1) is 13.6. The minimum absolute atomic E-state index is 0.00474. The summed E-state index contributed by atoms with van der Waals surface area (Å²) in [4.78, 5) is 11.4. The van der Waals surface area contributed by atoms with Crippen molar-refractivity contribution in [3.05, 3.63) is 48.6 Å². The largest absolute Gasteiger partial charge is 0.427 e. The molecular weight excluding hydrogens is 364 g/mol. The van der Waals surface area contributed by atoms with Crippen LogP contribution in [0, 0.1) is 17.3 Å². The summed E-state index contributed by atoms with van der Waals surface area (Å²) in [5.74, 6) is 0.560. The van der Waals surface area contributed by atoms with Gasteiger partial charge in [-0.25, -0.2) is 0 Å². The summed E-state index contributed by atoms with van der Waals surface area (Å²) in [6.45, 7) is 13.6. The first-order valence-electron chi connectivity index (χ1n) is 10.7. The molecule has 0 bridgehead atoms. The van der Waals surface area contributed by atoms with Crippen molar-refractivity contribution in [2.24, 2.45) is 17.3 Å². The highest BCUT2D eigenvalue weighted by molar-refractivity contribution is 5.69. The molecule has 0 aromatic heterocycles. The van der Waals surface area contributed by atoms with E-state index in [0.717, 1.165) is 36.8 Å². The molecule has 5 atom stereocenters. The van der Waals surface area contributed by atoms with Crippen molar-refractivity contribution in [3.8, 4) is 5.75 Å². The molecule has 2 fully saturated rings. The number of carbonyl (C=O) groups excluding carboxylic acids is 1. The lowest BCUT2D eigenvalue weighted by atomic mass is 9.53. The molecular formula is C25H34O4. The topological polar surface area (TPSA) is 66.8 Å². The lowest BCUT2D eigenvalue weighted by Crippen LogP contribution is -2.65. The minimum atomic E-state index is -1.38. The van der Waals surface area contributed by atoms with Crippen LogP contribution in [0.15, 0.2) is 37.4 Å². The van der Waals surface area contributed by atoms with Gasteiger partial charge in [0.25, 0.3) is 0 Å². The second-order valence-corrected chi connectivity index (χ2v) is 9.14. The molecule has 0 radical (unpaired) electrons. The fourth-order valence-electron chi connectivity index (χ4n) is 6.13. The molecule has 158 valence electrons. The Labute approximate surface area is 174 Å². The maximum atomic E-state index is 11.8. The van der Waals surface area contributed by atoms with Gasteiger partial charge in [-0.2, -0.15) is 0 Å². The molecule has 0 amide bonds. The Morgan fingerprint density at radius 1 is 1.28 bits per heavy atom. The molecule has 2 saturated carbocycles. The lowest BCUT2D eigenvalue weighted by molar-refractivity contribution is -0.207. The summed E-state index contributed by atoms with van der Waals surface area (Å²) in [7, 11) is 0. The molecule has 1 aromatic carbocycles. The second kappa shape index (κ2) is 7.73. The quantitative estimate of drug-likeness (QED) is 0.415. The van der Waals surface area contributed by atoms with E-state index in [4.69, 9.17) is 4.74 Å². The zero-order valence-electron chi connectivity index (χ0n) is 17.9. The van der Waals surface area contributed by atoms with Gasteiger partial charge in [-0.3, -0.25) is 4.79 Å². The molecule has 29 heavy (non-hydrogen) atoms. The summed E-state index contributed by atoms with van der Waals surface area (Å²) in [5.41, 5.74) is -1.05. The molecule has 2 N–H and O–H groups in total. The Bertz CT molecular complexity index is 815. The molecule has 3 rings (SSSR count). The van der Waals surface area contributed by atoms with E-state index in [1.54, 1.807) is 24.3 Å².